The van der Waals surface area contributed by atoms with Gasteiger partial charge in [-0.15, -0.1) is 0 Å². The molecule has 2 aromatic heterocycles. The Labute approximate surface area is 129 Å². The molecule has 4 heteroatoms. The molecule has 1 fully saturated rings. The Morgan fingerprint density at radius 3 is 2.91 bits per heavy atom. The van der Waals surface area contributed by atoms with Crippen molar-refractivity contribution in [1.29, 1.82) is 0 Å². The lowest BCUT2D eigenvalue weighted by Crippen LogP contribution is -2.31. The zero-order valence-electron chi connectivity index (χ0n) is 12.6. The molecule has 0 saturated carbocycles. The molecule has 112 valence electrons. The van der Waals surface area contributed by atoms with Crippen LogP contribution in [0.3, 0.4) is 0 Å². The van der Waals surface area contributed by atoms with E-state index in [0.717, 1.165) is 40.9 Å². The minimum Gasteiger partial charge on any atom is -0.383 e. The van der Waals surface area contributed by atoms with Gasteiger partial charge in [0.1, 0.15) is 17.1 Å². The normalized spacial score (nSPS) is 21.6. The van der Waals surface area contributed by atoms with E-state index in [1.165, 1.54) is 0 Å². The number of fused-ring (bicyclic) bond motifs is 1. The third-order valence-corrected chi connectivity index (χ3v) is 4.61. The van der Waals surface area contributed by atoms with Crippen molar-refractivity contribution in [1.82, 2.24) is 9.97 Å². The molecule has 4 nitrogen and oxygen atoms in total. The number of aryl methyl sites for hydroxylation is 1. The highest BCUT2D eigenvalue weighted by molar-refractivity contribution is 5.77. The molecule has 3 heterocycles. The van der Waals surface area contributed by atoms with Crippen LogP contribution in [0, 0.1) is 6.92 Å². The van der Waals surface area contributed by atoms with E-state index in [-0.39, 0.29) is 0 Å². The first-order chi connectivity index (χ1) is 10.7. The number of nitrogens with zero attached hydrogens (tertiary/aromatic N) is 2. The number of hydrogen-bond donors (Lipinski definition) is 2. The predicted octanol–water partition coefficient (Wildman–Crippen LogP) is 2.97. The van der Waals surface area contributed by atoms with Crippen molar-refractivity contribution in [2.45, 2.75) is 18.9 Å². The van der Waals surface area contributed by atoms with Gasteiger partial charge in [0.2, 0.25) is 0 Å². The molecule has 22 heavy (non-hydrogen) atoms. The summed E-state index contributed by atoms with van der Waals surface area (Å²) in [6.07, 6.45) is 2.62. The van der Waals surface area contributed by atoms with Crippen LogP contribution in [0.25, 0.3) is 11.0 Å². The van der Waals surface area contributed by atoms with Gasteiger partial charge in [0, 0.05) is 18.1 Å². The quantitative estimate of drug-likeness (QED) is 0.764. The van der Waals surface area contributed by atoms with Gasteiger partial charge in [-0.2, -0.15) is 0 Å². The lowest BCUT2D eigenvalue weighted by Gasteiger charge is -2.26. The Bertz CT molecular complexity index is 826. The summed E-state index contributed by atoms with van der Waals surface area (Å²) in [5.74, 6) is 0.916. The minimum absolute atomic E-state index is 0.580. The second kappa shape index (κ2) is 4.85. The maximum Gasteiger partial charge on any atom is 0.139 e. The monoisotopic (exact) mass is 293 g/mol. The maximum atomic E-state index is 11.1. The average molecular weight is 293 g/mol. The van der Waals surface area contributed by atoms with Crippen molar-refractivity contribution in [2.75, 3.05) is 18.0 Å². The summed E-state index contributed by atoms with van der Waals surface area (Å²) in [5.41, 5.74) is 2.26. The van der Waals surface area contributed by atoms with Crippen molar-refractivity contribution < 1.29 is 5.11 Å². The van der Waals surface area contributed by atoms with E-state index in [2.05, 4.69) is 33.9 Å². The smallest absolute Gasteiger partial charge is 0.139 e. The molecule has 1 atom stereocenters. The van der Waals surface area contributed by atoms with E-state index >= 15 is 0 Å². The van der Waals surface area contributed by atoms with E-state index in [0.29, 0.717) is 6.54 Å². The van der Waals surface area contributed by atoms with Gasteiger partial charge < -0.3 is 15.0 Å². The molecule has 0 radical (unpaired) electrons. The molecule has 1 aromatic carbocycles. The van der Waals surface area contributed by atoms with Crippen LogP contribution in [0.1, 0.15) is 17.5 Å². The van der Waals surface area contributed by atoms with Gasteiger partial charge in [0.05, 0.1) is 6.54 Å². The number of benzene rings is 1. The first kappa shape index (κ1) is 13.3. The minimum atomic E-state index is -0.794. The molecule has 1 saturated heterocycles. The number of aromatic amines is 1. The summed E-state index contributed by atoms with van der Waals surface area (Å²) in [6.45, 7) is 3.44. The van der Waals surface area contributed by atoms with Crippen LogP contribution in [-0.4, -0.2) is 28.2 Å². The van der Waals surface area contributed by atoms with E-state index in [9.17, 15) is 5.11 Å². The van der Waals surface area contributed by atoms with Gasteiger partial charge in [-0.3, -0.25) is 0 Å². The average Bonchev–Trinajstić information content (AvgIpc) is 3.14. The highest BCUT2D eigenvalue weighted by atomic mass is 16.3. The summed E-state index contributed by atoms with van der Waals surface area (Å²) in [4.78, 5) is 9.96. The fraction of sp³-hybridized carbons (Fsp3) is 0.278. The van der Waals surface area contributed by atoms with Gasteiger partial charge in [-0.05, 0) is 42.7 Å². The van der Waals surface area contributed by atoms with Gasteiger partial charge in [0.25, 0.3) is 0 Å². The third kappa shape index (κ3) is 2.07. The molecule has 0 amide bonds. The summed E-state index contributed by atoms with van der Waals surface area (Å²) >= 11 is 0. The first-order valence-corrected chi connectivity index (χ1v) is 7.63. The summed E-state index contributed by atoms with van der Waals surface area (Å²) < 4.78 is 0. The largest absolute Gasteiger partial charge is 0.383 e. The van der Waals surface area contributed by atoms with Crippen LogP contribution in [0.4, 0.5) is 5.82 Å². The maximum absolute atomic E-state index is 11.1. The number of hydrogen-bond acceptors (Lipinski definition) is 3. The van der Waals surface area contributed by atoms with Crippen molar-refractivity contribution in [3.63, 3.8) is 0 Å². The second-order valence-corrected chi connectivity index (χ2v) is 6.10. The molecule has 4 rings (SSSR count). The van der Waals surface area contributed by atoms with E-state index in [4.69, 9.17) is 0 Å². The molecular weight excluding hydrogens is 274 g/mol. The summed E-state index contributed by atoms with van der Waals surface area (Å²) in [5, 5.41) is 12.2. The van der Waals surface area contributed by atoms with Crippen molar-refractivity contribution in [3.05, 3.63) is 59.8 Å². The number of nitrogens with one attached hydrogen (secondary N) is 1. The summed E-state index contributed by atoms with van der Waals surface area (Å²) in [7, 11) is 0. The highest BCUT2D eigenvalue weighted by Crippen LogP contribution is 2.35. The van der Waals surface area contributed by atoms with Crippen LogP contribution in [0.5, 0.6) is 0 Å². The number of aliphatic hydroxyl groups is 1. The molecule has 1 aliphatic rings. The summed E-state index contributed by atoms with van der Waals surface area (Å²) in [6, 6.07) is 14.2. The molecule has 0 spiro atoms. The number of pyridine rings is 1. The van der Waals surface area contributed by atoms with Gasteiger partial charge in [-0.1, -0.05) is 24.3 Å². The van der Waals surface area contributed by atoms with Crippen molar-refractivity contribution in [2.24, 2.45) is 0 Å². The standard InChI is InChI=1S/C18H19N3O/c1-13-4-2-3-5-15(13)18(22)9-11-21(12-18)16-7-6-14-8-10-19-17(14)20-16/h2-8,10,22H,9,11-12H2,1H3,(H,19,20). The third-order valence-electron chi connectivity index (χ3n) is 4.61. The molecule has 0 aliphatic carbocycles. The Hall–Kier alpha value is -2.33. The topological polar surface area (TPSA) is 52.1 Å². The van der Waals surface area contributed by atoms with Crippen LogP contribution < -0.4 is 4.90 Å². The lowest BCUT2D eigenvalue weighted by atomic mass is 9.89. The number of β-amino-alcohol motifs (C(OH)–C–C–N with tert-alkyl or cyclic N) is 1. The van der Waals surface area contributed by atoms with Crippen molar-refractivity contribution >= 4 is 16.9 Å². The molecule has 3 aromatic rings. The number of aromatic nitrogens is 2. The van der Waals surface area contributed by atoms with Gasteiger partial charge in [0.15, 0.2) is 0 Å². The fourth-order valence-corrected chi connectivity index (χ4v) is 3.40. The fourth-order valence-electron chi connectivity index (χ4n) is 3.40. The number of rotatable bonds is 2. The van der Waals surface area contributed by atoms with Crippen LogP contribution in [0.2, 0.25) is 0 Å². The van der Waals surface area contributed by atoms with E-state index in [1.54, 1.807) is 0 Å². The number of H-pyrrole nitrogens is 1. The van der Waals surface area contributed by atoms with Crippen molar-refractivity contribution in [3.8, 4) is 0 Å². The second-order valence-electron chi connectivity index (χ2n) is 6.10. The van der Waals surface area contributed by atoms with E-state index < -0.39 is 5.60 Å². The highest BCUT2D eigenvalue weighted by Gasteiger charge is 2.39. The molecule has 1 unspecified atom stereocenters. The molecule has 2 N–H and O–H groups in total. The molecule has 0 bridgehead atoms. The Kier molecular flexibility index (Phi) is 2.94. The van der Waals surface area contributed by atoms with Crippen LogP contribution >= 0.6 is 0 Å². The SMILES string of the molecule is Cc1ccccc1C1(O)CCN(c2ccc3cc[nH]c3n2)C1. The Morgan fingerprint density at radius 1 is 1.18 bits per heavy atom. The molecule has 1 aliphatic heterocycles. The van der Waals surface area contributed by atoms with Crippen LogP contribution in [-0.2, 0) is 5.60 Å². The predicted molar refractivity (Wildman–Crippen MR) is 88.0 cm³/mol. The zero-order valence-corrected chi connectivity index (χ0v) is 12.6. The van der Waals surface area contributed by atoms with Gasteiger partial charge in [-0.25, -0.2) is 4.98 Å². The molecular formula is C18H19N3O. The van der Waals surface area contributed by atoms with Gasteiger partial charge >= 0.3 is 0 Å². The zero-order chi connectivity index (χ0) is 15.2. The Morgan fingerprint density at radius 2 is 2.05 bits per heavy atom. The first-order valence-electron chi connectivity index (χ1n) is 7.63. The van der Waals surface area contributed by atoms with E-state index in [1.807, 2.05) is 36.5 Å². The lowest BCUT2D eigenvalue weighted by molar-refractivity contribution is 0.0600. The number of anilines is 1. The van der Waals surface area contributed by atoms with Crippen LogP contribution in [0.15, 0.2) is 48.7 Å². The Balaban J connectivity index is 1.65.